The van der Waals surface area contributed by atoms with Crippen LogP contribution in [0.4, 0.5) is 10.1 Å². The molecule has 34 heavy (non-hydrogen) atoms. The molecule has 0 unspecified atom stereocenters. The fraction of sp³-hybridized carbons (Fsp3) is 0.346. The Morgan fingerprint density at radius 2 is 2.03 bits per heavy atom. The average molecular weight is 467 g/mol. The van der Waals surface area contributed by atoms with Crippen molar-refractivity contribution in [1.82, 2.24) is 4.90 Å². The Morgan fingerprint density at radius 3 is 2.71 bits per heavy atom. The van der Waals surface area contributed by atoms with Crippen LogP contribution in [0.3, 0.4) is 0 Å². The van der Waals surface area contributed by atoms with Gasteiger partial charge in [-0.15, -0.1) is 0 Å². The van der Waals surface area contributed by atoms with Gasteiger partial charge in [0.15, 0.2) is 11.6 Å². The number of ether oxygens (including phenoxy) is 2. The highest BCUT2D eigenvalue weighted by Gasteiger charge is 2.12. The first-order valence-corrected chi connectivity index (χ1v) is 11.2. The van der Waals surface area contributed by atoms with Crippen LogP contribution in [-0.4, -0.2) is 64.2 Å². The van der Waals surface area contributed by atoms with Gasteiger partial charge in [0.25, 0.3) is 0 Å². The zero-order chi connectivity index (χ0) is 24.2. The fourth-order valence-corrected chi connectivity index (χ4v) is 3.68. The standard InChI is InChI=1S/C26H31FN4O3/c1-28-15-21(3-6-23-13-22(18-32)14-25(33-2)26(23)27)16-29-19-30-24-7-4-20(5-8-24)17-31-9-11-34-12-10-31/h4-5,7-8,13-16,18,30H,1,3,6,9-12,17,19H2,2H3/b21-15-,29-16-. The van der Waals surface area contributed by atoms with Crippen molar-refractivity contribution in [2.45, 2.75) is 19.4 Å². The summed E-state index contributed by atoms with van der Waals surface area (Å²) in [6.45, 7) is 8.33. The summed E-state index contributed by atoms with van der Waals surface area (Å²) < 4.78 is 25.0. The summed E-state index contributed by atoms with van der Waals surface area (Å²) in [4.78, 5) is 21.8. The van der Waals surface area contributed by atoms with Gasteiger partial charge in [-0.1, -0.05) is 12.1 Å². The van der Waals surface area contributed by atoms with E-state index in [-0.39, 0.29) is 5.75 Å². The number of nitrogens with zero attached hydrogens (tertiary/aromatic N) is 3. The van der Waals surface area contributed by atoms with Crippen LogP contribution < -0.4 is 10.1 Å². The van der Waals surface area contributed by atoms with E-state index in [1.165, 1.54) is 24.8 Å². The molecule has 0 saturated carbocycles. The number of anilines is 1. The minimum Gasteiger partial charge on any atom is -0.494 e. The van der Waals surface area contributed by atoms with Crippen LogP contribution in [0.15, 0.2) is 58.2 Å². The molecule has 0 atom stereocenters. The first-order chi connectivity index (χ1) is 16.6. The van der Waals surface area contributed by atoms with Gasteiger partial charge >= 0.3 is 0 Å². The Hall–Kier alpha value is -3.36. The Morgan fingerprint density at radius 1 is 1.26 bits per heavy atom. The summed E-state index contributed by atoms with van der Waals surface area (Å²) >= 11 is 0. The molecule has 1 aliphatic heterocycles. The molecule has 7 nitrogen and oxygen atoms in total. The lowest BCUT2D eigenvalue weighted by Gasteiger charge is -2.26. The second-order valence-corrected chi connectivity index (χ2v) is 7.93. The number of halogens is 1. The summed E-state index contributed by atoms with van der Waals surface area (Å²) in [7, 11) is 1.38. The molecule has 8 heteroatoms. The molecule has 180 valence electrons. The number of carbonyl (C=O) groups is 1. The van der Waals surface area contributed by atoms with Crippen molar-refractivity contribution >= 4 is 24.9 Å². The number of aliphatic imine (C=N–C) groups is 2. The molecule has 0 aliphatic carbocycles. The van der Waals surface area contributed by atoms with Gasteiger partial charge in [-0.2, -0.15) is 0 Å². The Labute approximate surface area is 200 Å². The van der Waals surface area contributed by atoms with Crippen molar-refractivity contribution in [3.8, 4) is 5.75 Å². The number of rotatable bonds is 12. The molecule has 2 aromatic carbocycles. The molecule has 0 bridgehead atoms. The van der Waals surface area contributed by atoms with E-state index in [0.717, 1.165) is 44.1 Å². The summed E-state index contributed by atoms with van der Waals surface area (Å²) in [6, 6.07) is 11.2. The predicted molar refractivity (Wildman–Crippen MR) is 134 cm³/mol. The molecule has 0 spiro atoms. The third kappa shape index (κ3) is 7.60. The second kappa shape index (κ2) is 13.4. The first kappa shape index (κ1) is 25.3. The number of nitrogens with one attached hydrogen (secondary N) is 1. The van der Waals surface area contributed by atoms with E-state index < -0.39 is 5.82 Å². The van der Waals surface area contributed by atoms with Gasteiger partial charge in [0.1, 0.15) is 13.0 Å². The lowest BCUT2D eigenvalue weighted by Crippen LogP contribution is -2.35. The van der Waals surface area contributed by atoms with Gasteiger partial charge in [0.05, 0.1) is 20.3 Å². The van der Waals surface area contributed by atoms with Crippen molar-refractivity contribution < 1.29 is 18.7 Å². The SMILES string of the molecule is C=N/C=C(\C=N/CNc1ccc(CN2CCOCC2)cc1)CCc1cc(C=O)cc(OC)c1F. The van der Waals surface area contributed by atoms with E-state index in [4.69, 9.17) is 9.47 Å². The van der Waals surface area contributed by atoms with Crippen molar-refractivity contribution in [2.24, 2.45) is 9.98 Å². The van der Waals surface area contributed by atoms with Crippen LogP contribution in [0.25, 0.3) is 0 Å². The van der Waals surface area contributed by atoms with Gasteiger partial charge in [-0.05, 0) is 60.5 Å². The molecule has 0 radical (unpaired) electrons. The number of carbonyl (C=O) groups excluding carboxylic acids is 1. The van der Waals surface area contributed by atoms with E-state index in [1.54, 1.807) is 12.4 Å². The zero-order valence-corrected chi connectivity index (χ0v) is 19.5. The first-order valence-electron chi connectivity index (χ1n) is 11.2. The third-order valence-corrected chi connectivity index (χ3v) is 5.53. The highest BCUT2D eigenvalue weighted by Crippen LogP contribution is 2.24. The Bertz CT molecular complexity index is 1020. The largest absolute Gasteiger partial charge is 0.494 e. The van der Waals surface area contributed by atoms with E-state index in [9.17, 15) is 9.18 Å². The Balaban J connectivity index is 1.51. The number of aldehydes is 1. The van der Waals surface area contributed by atoms with E-state index >= 15 is 0 Å². The molecule has 1 N–H and O–H groups in total. The monoisotopic (exact) mass is 466 g/mol. The number of morpholine rings is 1. The molecule has 2 aromatic rings. The molecule has 1 saturated heterocycles. The molecular formula is C26H31FN4O3. The van der Waals surface area contributed by atoms with Crippen LogP contribution in [-0.2, 0) is 17.7 Å². The second-order valence-electron chi connectivity index (χ2n) is 7.93. The normalized spacial score (nSPS) is 14.8. The Kier molecular flexibility index (Phi) is 9.94. The lowest BCUT2D eigenvalue weighted by atomic mass is 10.0. The summed E-state index contributed by atoms with van der Waals surface area (Å²) in [6.07, 6.45) is 4.84. The number of benzene rings is 2. The maximum atomic E-state index is 14.5. The number of hydrogen-bond donors (Lipinski definition) is 1. The van der Waals surface area contributed by atoms with Gasteiger partial charge in [0.2, 0.25) is 0 Å². The van der Waals surface area contributed by atoms with Gasteiger partial charge in [-0.25, -0.2) is 4.39 Å². The van der Waals surface area contributed by atoms with Crippen LogP contribution in [0.2, 0.25) is 0 Å². The van der Waals surface area contributed by atoms with E-state index in [1.807, 2.05) is 12.1 Å². The third-order valence-electron chi connectivity index (χ3n) is 5.53. The number of aryl methyl sites for hydroxylation is 1. The van der Waals surface area contributed by atoms with Gasteiger partial charge in [0, 0.05) is 43.3 Å². The molecule has 1 fully saturated rings. The summed E-state index contributed by atoms with van der Waals surface area (Å²) in [5.41, 5.74) is 3.82. The summed E-state index contributed by atoms with van der Waals surface area (Å²) in [5.74, 6) is -0.407. The van der Waals surface area contributed by atoms with Crippen molar-refractivity contribution in [2.75, 3.05) is 45.4 Å². The number of hydrogen-bond acceptors (Lipinski definition) is 7. The number of allylic oxidation sites excluding steroid dienone is 1. The summed E-state index contributed by atoms with van der Waals surface area (Å²) in [5, 5.41) is 3.27. The maximum Gasteiger partial charge on any atom is 0.168 e. The van der Waals surface area contributed by atoms with Crippen molar-refractivity contribution in [1.29, 1.82) is 0 Å². The zero-order valence-electron chi connectivity index (χ0n) is 19.5. The fourth-order valence-electron chi connectivity index (χ4n) is 3.68. The average Bonchev–Trinajstić information content (AvgIpc) is 2.87. The van der Waals surface area contributed by atoms with Crippen LogP contribution >= 0.6 is 0 Å². The predicted octanol–water partition coefficient (Wildman–Crippen LogP) is 4.14. The molecule has 3 rings (SSSR count). The highest BCUT2D eigenvalue weighted by atomic mass is 19.1. The maximum absolute atomic E-state index is 14.5. The van der Waals surface area contributed by atoms with Gasteiger partial charge < -0.3 is 14.8 Å². The highest BCUT2D eigenvalue weighted by molar-refractivity contribution is 5.79. The van der Waals surface area contributed by atoms with E-state index in [2.05, 4.69) is 39.1 Å². The molecular weight excluding hydrogens is 435 g/mol. The molecule has 1 aliphatic rings. The van der Waals surface area contributed by atoms with Gasteiger partial charge in [-0.3, -0.25) is 19.7 Å². The van der Waals surface area contributed by atoms with Crippen molar-refractivity contribution in [3.05, 3.63) is 70.7 Å². The van der Waals surface area contributed by atoms with Crippen LogP contribution in [0.1, 0.15) is 27.9 Å². The number of methoxy groups -OCH3 is 1. The minimum absolute atomic E-state index is 0.0563. The van der Waals surface area contributed by atoms with Crippen LogP contribution in [0, 0.1) is 5.82 Å². The quantitative estimate of drug-likeness (QED) is 0.376. The minimum atomic E-state index is -0.463. The smallest absolute Gasteiger partial charge is 0.168 e. The lowest BCUT2D eigenvalue weighted by molar-refractivity contribution is 0.0342. The molecule has 0 amide bonds. The van der Waals surface area contributed by atoms with Crippen LogP contribution in [0.5, 0.6) is 5.75 Å². The topological polar surface area (TPSA) is 75.5 Å². The van der Waals surface area contributed by atoms with Crippen molar-refractivity contribution in [3.63, 3.8) is 0 Å². The molecule has 1 heterocycles. The molecule has 0 aromatic heterocycles. The van der Waals surface area contributed by atoms with E-state index in [0.29, 0.717) is 36.9 Å².